The molecule has 8 nitrogen and oxygen atoms in total. The number of amides is 1. The van der Waals surface area contributed by atoms with Gasteiger partial charge in [0.1, 0.15) is 6.04 Å². The number of hydrogen-bond donors (Lipinski definition) is 0. The Balaban J connectivity index is 1.50. The number of ether oxygens (including phenoxy) is 2. The van der Waals surface area contributed by atoms with Crippen LogP contribution in [0.5, 0.6) is 0 Å². The summed E-state index contributed by atoms with van der Waals surface area (Å²) in [5, 5.41) is 4.23. The lowest BCUT2D eigenvalue weighted by atomic mass is 10.00. The summed E-state index contributed by atoms with van der Waals surface area (Å²) in [6.45, 7) is 7.82. The highest BCUT2D eigenvalue weighted by Gasteiger charge is 2.36. The average molecular weight is 417 g/mol. The van der Waals surface area contributed by atoms with Crippen molar-refractivity contribution in [3.05, 3.63) is 34.7 Å². The summed E-state index contributed by atoms with van der Waals surface area (Å²) in [5.41, 5.74) is 2.87. The maximum Gasteiger partial charge on any atom is 0.256 e. The summed E-state index contributed by atoms with van der Waals surface area (Å²) in [6, 6.07) is 1.86. The van der Waals surface area contributed by atoms with Gasteiger partial charge in [0, 0.05) is 57.3 Å². The molecule has 0 bridgehead atoms. The molecular formula is C22H32N4O4. The lowest BCUT2D eigenvalue weighted by Crippen LogP contribution is -2.31. The standard InChI is InChI=1S/C22H32N4O4/c1-15-14-18(16(2)25(15)10-5-11-28-3)22(27)26-9-4-6-19(26)21-23-20(24-30-21)17-7-12-29-13-8-17/h14,17,19H,4-13H2,1-3H3. The van der Waals surface area contributed by atoms with E-state index in [9.17, 15) is 4.79 Å². The summed E-state index contributed by atoms with van der Waals surface area (Å²) in [5.74, 6) is 1.66. The van der Waals surface area contributed by atoms with Crippen LogP contribution in [0.15, 0.2) is 10.6 Å². The predicted molar refractivity (Wildman–Crippen MR) is 111 cm³/mol. The van der Waals surface area contributed by atoms with Crippen molar-refractivity contribution in [2.45, 2.75) is 64.5 Å². The molecule has 8 heteroatoms. The van der Waals surface area contributed by atoms with Gasteiger partial charge < -0.3 is 23.5 Å². The van der Waals surface area contributed by atoms with Gasteiger partial charge in [0.15, 0.2) is 5.82 Å². The molecule has 2 aliphatic heterocycles. The normalized spacial score (nSPS) is 20.2. The van der Waals surface area contributed by atoms with Gasteiger partial charge in [-0.25, -0.2) is 0 Å². The van der Waals surface area contributed by atoms with Crippen LogP contribution in [-0.2, 0) is 16.0 Å². The third-order valence-corrected chi connectivity index (χ3v) is 6.38. The van der Waals surface area contributed by atoms with Gasteiger partial charge >= 0.3 is 0 Å². The topological polar surface area (TPSA) is 82.6 Å². The number of methoxy groups -OCH3 is 1. The van der Waals surface area contributed by atoms with E-state index in [-0.39, 0.29) is 17.9 Å². The van der Waals surface area contributed by atoms with Crippen molar-refractivity contribution in [1.82, 2.24) is 19.6 Å². The van der Waals surface area contributed by atoms with Crippen LogP contribution >= 0.6 is 0 Å². The Bertz CT molecular complexity index is 869. The fourth-order valence-corrected chi connectivity index (χ4v) is 4.65. The second kappa shape index (κ2) is 9.31. The maximum absolute atomic E-state index is 13.4. The first-order chi connectivity index (χ1) is 14.6. The molecule has 2 aromatic rings. The average Bonchev–Trinajstić information content (AvgIpc) is 3.49. The molecule has 1 atom stereocenters. The zero-order chi connectivity index (χ0) is 21.1. The highest BCUT2D eigenvalue weighted by atomic mass is 16.5. The number of carbonyl (C=O) groups is 1. The number of aryl methyl sites for hydroxylation is 1. The van der Waals surface area contributed by atoms with E-state index >= 15 is 0 Å². The molecule has 0 saturated carbocycles. The van der Waals surface area contributed by atoms with E-state index in [1.807, 2.05) is 17.9 Å². The highest BCUT2D eigenvalue weighted by molar-refractivity contribution is 5.96. The summed E-state index contributed by atoms with van der Waals surface area (Å²) in [6.07, 6.45) is 4.55. The molecule has 2 fully saturated rings. The van der Waals surface area contributed by atoms with E-state index < -0.39 is 0 Å². The molecule has 0 radical (unpaired) electrons. The van der Waals surface area contributed by atoms with Crippen molar-refractivity contribution in [3.8, 4) is 0 Å². The van der Waals surface area contributed by atoms with Crippen molar-refractivity contribution in [2.75, 3.05) is 33.5 Å². The zero-order valence-electron chi connectivity index (χ0n) is 18.2. The van der Waals surface area contributed by atoms with E-state index in [0.29, 0.717) is 19.0 Å². The fraction of sp³-hybridized carbons (Fsp3) is 0.682. The Morgan fingerprint density at radius 2 is 2.07 bits per heavy atom. The number of hydrogen-bond acceptors (Lipinski definition) is 6. The highest BCUT2D eigenvalue weighted by Crippen LogP contribution is 2.34. The van der Waals surface area contributed by atoms with Gasteiger partial charge in [0.05, 0.1) is 5.56 Å². The Morgan fingerprint density at radius 3 is 2.83 bits per heavy atom. The van der Waals surface area contributed by atoms with Gasteiger partial charge in [-0.2, -0.15) is 4.98 Å². The predicted octanol–water partition coefficient (Wildman–Crippen LogP) is 3.40. The van der Waals surface area contributed by atoms with Gasteiger partial charge in [0.2, 0.25) is 5.89 Å². The Hall–Kier alpha value is -2.19. The third kappa shape index (κ3) is 4.16. The lowest BCUT2D eigenvalue weighted by molar-refractivity contribution is 0.0709. The van der Waals surface area contributed by atoms with E-state index in [4.69, 9.17) is 19.0 Å². The van der Waals surface area contributed by atoms with Crippen LogP contribution in [0.2, 0.25) is 0 Å². The van der Waals surface area contributed by atoms with Crippen molar-refractivity contribution in [1.29, 1.82) is 0 Å². The van der Waals surface area contributed by atoms with Gasteiger partial charge in [-0.15, -0.1) is 0 Å². The van der Waals surface area contributed by atoms with E-state index in [1.54, 1.807) is 7.11 Å². The van der Waals surface area contributed by atoms with Crippen molar-refractivity contribution < 1.29 is 18.8 Å². The molecule has 2 saturated heterocycles. The molecule has 2 aliphatic rings. The number of nitrogens with zero attached hydrogens (tertiary/aromatic N) is 4. The summed E-state index contributed by atoms with van der Waals surface area (Å²) in [7, 11) is 1.71. The maximum atomic E-state index is 13.4. The molecule has 1 amide bonds. The van der Waals surface area contributed by atoms with Crippen molar-refractivity contribution in [3.63, 3.8) is 0 Å². The molecule has 30 heavy (non-hydrogen) atoms. The second-order valence-electron chi connectivity index (χ2n) is 8.32. The monoisotopic (exact) mass is 416 g/mol. The molecule has 0 aliphatic carbocycles. The second-order valence-corrected chi connectivity index (χ2v) is 8.32. The van der Waals surface area contributed by atoms with E-state index in [1.165, 1.54) is 0 Å². The minimum atomic E-state index is -0.143. The molecule has 164 valence electrons. The molecule has 1 unspecified atom stereocenters. The zero-order valence-corrected chi connectivity index (χ0v) is 18.2. The summed E-state index contributed by atoms with van der Waals surface area (Å²) in [4.78, 5) is 20.0. The van der Waals surface area contributed by atoms with Crippen LogP contribution in [0.1, 0.15) is 77.5 Å². The number of carbonyl (C=O) groups excluding carboxylic acids is 1. The molecule has 0 spiro atoms. The van der Waals surface area contributed by atoms with Crippen LogP contribution < -0.4 is 0 Å². The summed E-state index contributed by atoms with van der Waals surface area (Å²) >= 11 is 0. The summed E-state index contributed by atoms with van der Waals surface area (Å²) < 4.78 is 18.4. The largest absolute Gasteiger partial charge is 0.385 e. The van der Waals surface area contributed by atoms with Crippen molar-refractivity contribution >= 4 is 5.91 Å². The molecule has 4 rings (SSSR count). The fourth-order valence-electron chi connectivity index (χ4n) is 4.65. The molecular weight excluding hydrogens is 384 g/mol. The third-order valence-electron chi connectivity index (χ3n) is 6.38. The van der Waals surface area contributed by atoms with Crippen LogP contribution in [0, 0.1) is 13.8 Å². The first-order valence-corrected chi connectivity index (χ1v) is 11.0. The number of likely N-dealkylation sites (tertiary alicyclic amines) is 1. The Kier molecular flexibility index (Phi) is 6.53. The Morgan fingerprint density at radius 1 is 1.27 bits per heavy atom. The van der Waals surface area contributed by atoms with Crippen LogP contribution in [0.3, 0.4) is 0 Å². The first-order valence-electron chi connectivity index (χ1n) is 11.0. The lowest BCUT2D eigenvalue weighted by Gasteiger charge is -2.22. The van der Waals surface area contributed by atoms with E-state index in [0.717, 1.165) is 74.6 Å². The smallest absolute Gasteiger partial charge is 0.256 e. The molecule has 4 heterocycles. The van der Waals surface area contributed by atoms with Gasteiger partial charge in [-0.3, -0.25) is 4.79 Å². The Labute approximate surface area is 177 Å². The molecule has 0 aromatic carbocycles. The van der Waals surface area contributed by atoms with Crippen LogP contribution in [-0.4, -0.2) is 59.0 Å². The van der Waals surface area contributed by atoms with Gasteiger partial charge in [-0.05, 0) is 52.0 Å². The SMILES string of the molecule is COCCCn1c(C)cc(C(=O)N2CCCC2c2nc(C3CCOCC3)no2)c1C. The first kappa shape index (κ1) is 21.1. The minimum absolute atomic E-state index is 0.0504. The van der Waals surface area contributed by atoms with Crippen LogP contribution in [0.25, 0.3) is 0 Å². The van der Waals surface area contributed by atoms with Crippen LogP contribution in [0.4, 0.5) is 0 Å². The minimum Gasteiger partial charge on any atom is -0.385 e. The number of aromatic nitrogens is 3. The quantitative estimate of drug-likeness (QED) is 0.644. The van der Waals surface area contributed by atoms with Gasteiger partial charge in [0.25, 0.3) is 5.91 Å². The number of rotatable bonds is 7. The van der Waals surface area contributed by atoms with Gasteiger partial charge in [-0.1, -0.05) is 5.16 Å². The molecule has 0 N–H and O–H groups in total. The van der Waals surface area contributed by atoms with Crippen molar-refractivity contribution in [2.24, 2.45) is 0 Å². The molecule has 2 aromatic heterocycles. The van der Waals surface area contributed by atoms with E-state index in [2.05, 4.69) is 16.6 Å².